The third-order valence-corrected chi connectivity index (χ3v) is 5.17. The van der Waals surface area contributed by atoms with Crippen LogP contribution >= 0.6 is 0 Å². The predicted octanol–water partition coefficient (Wildman–Crippen LogP) is 3.51. The van der Waals surface area contributed by atoms with Gasteiger partial charge in [-0.15, -0.1) is 0 Å². The van der Waals surface area contributed by atoms with E-state index in [-0.39, 0.29) is 5.91 Å². The highest BCUT2D eigenvalue weighted by molar-refractivity contribution is 5.93. The fraction of sp³-hybridized carbons (Fsp3) is 0.476. The van der Waals surface area contributed by atoms with Crippen LogP contribution in [0.3, 0.4) is 0 Å². The monoisotopic (exact) mass is 384 g/mol. The number of aromatic nitrogens is 2. The Morgan fingerprint density at radius 1 is 1.18 bits per heavy atom. The number of hydrogen-bond donors (Lipinski definition) is 1. The number of anilines is 1. The number of likely N-dealkylation sites (tertiary alicyclic amines) is 1. The summed E-state index contributed by atoms with van der Waals surface area (Å²) in [6.45, 7) is 3.48. The largest absolute Gasteiger partial charge is 0.493 e. The fourth-order valence-corrected chi connectivity index (χ4v) is 3.59. The first-order valence-electron chi connectivity index (χ1n) is 9.74. The maximum atomic E-state index is 12.9. The molecule has 1 fully saturated rings. The molecule has 1 aliphatic rings. The van der Waals surface area contributed by atoms with E-state index in [1.54, 1.807) is 20.3 Å². The van der Waals surface area contributed by atoms with Crippen LogP contribution in [0.25, 0.3) is 0 Å². The summed E-state index contributed by atoms with van der Waals surface area (Å²) in [4.78, 5) is 23.3. The lowest BCUT2D eigenvalue weighted by molar-refractivity contribution is 0.0602. The maximum absolute atomic E-state index is 12.9. The van der Waals surface area contributed by atoms with Crippen molar-refractivity contribution in [2.75, 3.05) is 26.1 Å². The molecule has 1 N–H and O–H groups in total. The van der Waals surface area contributed by atoms with Crippen molar-refractivity contribution in [3.8, 4) is 11.5 Å². The number of hydrogen-bond acceptors (Lipinski definition) is 6. The number of amides is 1. The lowest BCUT2D eigenvalue weighted by atomic mass is 9.99. The summed E-state index contributed by atoms with van der Waals surface area (Å²) in [5.41, 5.74) is 1.45. The van der Waals surface area contributed by atoms with E-state index >= 15 is 0 Å². The van der Waals surface area contributed by atoms with Gasteiger partial charge in [0, 0.05) is 25.2 Å². The fourth-order valence-electron chi connectivity index (χ4n) is 3.59. The molecule has 0 bridgehead atoms. The minimum atomic E-state index is -0.0110. The lowest BCUT2D eigenvalue weighted by Crippen LogP contribution is -2.43. The van der Waals surface area contributed by atoms with Gasteiger partial charge in [-0.3, -0.25) is 4.79 Å². The average molecular weight is 384 g/mol. The van der Waals surface area contributed by atoms with Crippen molar-refractivity contribution in [2.45, 2.75) is 45.2 Å². The third kappa shape index (κ3) is 4.52. The second-order valence-electron chi connectivity index (χ2n) is 6.89. The van der Waals surface area contributed by atoms with Crippen LogP contribution in [-0.2, 0) is 6.54 Å². The Morgan fingerprint density at radius 3 is 2.75 bits per heavy atom. The summed E-state index contributed by atoms with van der Waals surface area (Å²) in [6.07, 6.45) is 5.72. The van der Waals surface area contributed by atoms with Crippen LogP contribution in [0.1, 0.15) is 48.7 Å². The Kier molecular flexibility index (Phi) is 6.68. The maximum Gasteiger partial charge on any atom is 0.272 e. The van der Waals surface area contributed by atoms with Gasteiger partial charge in [0.2, 0.25) is 0 Å². The van der Waals surface area contributed by atoms with E-state index in [9.17, 15) is 4.79 Å². The van der Waals surface area contributed by atoms with Crippen molar-refractivity contribution >= 4 is 11.7 Å². The molecule has 2 aromatic rings. The second kappa shape index (κ2) is 9.39. The topological polar surface area (TPSA) is 76.6 Å². The number of piperidine rings is 1. The first kappa shape index (κ1) is 19.9. The number of carbonyl (C=O) groups excluding carboxylic acids is 1. The van der Waals surface area contributed by atoms with Gasteiger partial charge in [-0.2, -0.15) is 0 Å². The molecule has 1 atom stereocenters. The zero-order valence-electron chi connectivity index (χ0n) is 16.8. The molecule has 0 spiro atoms. The van der Waals surface area contributed by atoms with Crippen LogP contribution in [0.2, 0.25) is 0 Å². The van der Waals surface area contributed by atoms with Gasteiger partial charge >= 0.3 is 0 Å². The quantitative estimate of drug-likeness (QED) is 0.787. The zero-order valence-corrected chi connectivity index (χ0v) is 16.8. The molecule has 150 valence electrons. The molecule has 7 heteroatoms. The Balaban J connectivity index is 1.69. The minimum absolute atomic E-state index is 0.0110. The molecular weight excluding hydrogens is 356 g/mol. The van der Waals surface area contributed by atoms with E-state index in [0.29, 0.717) is 35.6 Å². The van der Waals surface area contributed by atoms with E-state index in [1.165, 1.54) is 12.7 Å². The summed E-state index contributed by atoms with van der Waals surface area (Å²) < 4.78 is 10.6. The van der Waals surface area contributed by atoms with Crippen molar-refractivity contribution in [2.24, 2.45) is 0 Å². The molecule has 0 aliphatic carbocycles. The van der Waals surface area contributed by atoms with E-state index in [2.05, 4.69) is 22.2 Å². The van der Waals surface area contributed by atoms with Crippen LogP contribution < -0.4 is 14.8 Å². The van der Waals surface area contributed by atoms with Crippen LogP contribution in [0.4, 0.5) is 5.82 Å². The Morgan fingerprint density at radius 2 is 2.00 bits per heavy atom. The molecule has 2 heterocycles. The molecule has 0 radical (unpaired) electrons. The molecule has 28 heavy (non-hydrogen) atoms. The summed E-state index contributed by atoms with van der Waals surface area (Å²) in [6, 6.07) is 7.77. The highest BCUT2D eigenvalue weighted by atomic mass is 16.5. The number of methoxy groups -OCH3 is 2. The molecule has 1 aromatic heterocycles. The van der Waals surface area contributed by atoms with Gasteiger partial charge in [0.25, 0.3) is 5.91 Å². The van der Waals surface area contributed by atoms with E-state index in [0.717, 1.165) is 31.4 Å². The molecule has 7 nitrogen and oxygen atoms in total. The molecule has 1 unspecified atom stereocenters. The summed E-state index contributed by atoms with van der Waals surface area (Å²) in [5.74, 6) is 1.98. The number of benzene rings is 1. The van der Waals surface area contributed by atoms with Gasteiger partial charge in [-0.05, 0) is 43.4 Å². The Bertz CT molecular complexity index is 812. The Labute approximate surface area is 166 Å². The number of nitrogens with one attached hydrogen (secondary N) is 1. The summed E-state index contributed by atoms with van der Waals surface area (Å²) in [7, 11) is 3.22. The Hall–Kier alpha value is -2.83. The van der Waals surface area contributed by atoms with Crippen molar-refractivity contribution in [3.05, 3.63) is 41.9 Å². The molecule has 1 amide bonds. The summed E-state index contributed by atoms with van der Waals surface area (Å²) >= 11 is 0. The highest BCUT2D eigenvalue weighted by Crippen LogP contribution is 2.28. The lowest BCUT2D eigenvalue weighted by Gasteiger charge is -2.35. The van der Waals surface area contributed by atoms with Gasteiger partial charge in [0.15, 0.2) is 11.5 Å². The van der Waals surface area contributed by atoms with Gasteiger partial charge in [0.1, 0.15) is 17.8 Å². The van der Waals surface area contributed by atoms with Gasteiger partial charge in [-0.1, -0.05) is 13.0 Å². The molecule has 1 saturated heterocycles. The zero-order chi connectivity index (χ0) is 19.9. The van der Waals surface area contributed by atoms with Crippen LogP contribution in [0.15, 0.2) is 30.6 Å². The first-order valence-corrected chi connectivity index (χ1v) is 9.74. The molecule has 3 rings (SSSR count). The van der Waals surface area contributed by atoms with Crippen molar-refractivity contribution in [3.63, 3.8) is 0 Å². The SMILES string of the molecule is CCC1CCCCN1C(=O)c1cc(NCc2ccc(OC)c(OC)c2)ncn1. The molecule has 1 aliphatic heterocycles. The van der Waals surface area contributed by atoms with Gasteiger partial charge in [0.05, 0.1) is 14.2 Å². The van der Waals surface area contributed by atoms with Crippen molar-refractivity contribution in [1.29, 1.82) is 0 Å². The average Bonchev–Trinajstić information content (AvgIpc) is 2.77. The number of carbonyl (C=O) groups is 1. The first-order chi connectivity index (χ1) is 13.7. The van der Waals surface area contributed by atoms with E-state index in [1.807, 2.05) is 23.1 Å². The normalized spacial score (nSPS) is 16.5. The molecular formula is C21H28N4O3. The standard InChI is InChI=1S/C21H28N4O3/c1-4-16-7-5-6-10-25(16)21(26)17-12-20(24-14-23-17)22-13-15-8-9-18(27-2)19(11-15)28-3/h8-9,11-12,14,16H,4-7,10,13H2,1-3H3,(H,22,23,24). The van der Waals surface area contributed by atoms with Crippen LogP contribution in [0, 0.1) is 0 Å². The molecule has 0 saturated carbocycles. The highest BCUT2D eigenvalue weighted by Gasteiger charge is 2.27. The van der Waals surface area contributed by atoms with Crippen LogP contribution in [-0.4, -0.2) is 47.6 Å². The van der Waals surface area contributed by atoms with Crippen LogP contribution in [0.5, 0.6) is 11.5 Å². The summed E-state index contributed by atoms with van der Waals surface area (Å²) in [5, 5.41) is 3.25. The van der Waals surface area contributed by atoms with E-state index < -0.39 is 0 Å². The third-order valence-electron chi connectivity index (χ3n) is 5.17. The number of rotatable bonds is 7. The van der Waals surface area contributed by atoms with Crippen molar-refractivity contribution in [1.82, 2.24) is 14.9 Å². The smallest absolute Gasteiger partial charge is 0.272 e. The van der Waals surface area contributed by atoms with Gasteiger partial charge < -0.3 is 19.7 Å². The minimum Gasteiger partial charge on any atom is -0.493 e. The number of nitrogens with zero attached hydrogens (tertiary/aromatic N) is 3. The second-order valence-corrected chi connectivity index (χ2v) is 6.89. The van der Waals surface area contributed by atoms with Crippen molar-refractivity contribution < 1.29 is 14.3 Å². The number of ether oxygens (including phenoxy) is 2. The van der Waals surface area contributed by atoms with E-state index in [4.69, 9.17) is 9.47 Å². The predicted molar refractivity (Wildman–Crippen MR) is 108 cm³/mol. The van der Waals surface area contributed by atoms with Gasteiger partial charge in [-0.25, -0.2) is 9.97 Å². The molecule has 1 aromatic carbocycles.